The van der Waals surface area contributed by atoms with E-state index in [1.807, 2.05) is 0 Å². The zero-order valence-corrected chi connectivity index (χ0v) is 11.5. The molecule has 0 amide bonds. The summed E-state index contributed by atoms with van der Waals surface area (Å²) in [6, 6.07) is 8.53. The predicted molar refractivity (Wildman–Crippen MR) is 73.0 cm³/mol. The topological polar surface area (TPSA) is 80.5 Å². The Bertz CT molecular complexity index is 678. The summed E-state index contributed by atoms with van der Waals surface area (Å²) >= 11 is 1.12. The number of sulfonamides is 1. The minimum atomic E-state index is -3.60. The average Bonchev–Trinajstić information content (AvgIpc) is 2.92. The molecule has 100 valence electrons. The van der Waals surface area contributed by atoms with Crippen LogP contribution in [-0.2, 0) is 10.0 Å². The summed E-state index contributed by atoms with van der Waals surface area (Å²) < 4.78 is 25.8. The maximum atomic E-state index is 12.2. The molecule has 1 aromatic carbocycles. The van der Waals surface area contributed by atoms with E-state index in [-0.39, 0.29) is 9.90 Å². The summed E-state index contributed by atoms with van der Waals surface area (Å²) in [6.07, 6.45) is 0. The predicted octanol–water partition coefficient (Wildman–Crippen LogP) is 2.48. The fourth-order valence-electron chi connectivity index (χ4n) is 1.47. The molecule has 1 aromatic heterocycles. The van der Waals surface area contributed by atoms with Crippen LogP contribution < -0.4 is 4.31 Å². The van der Waals surface area contributed by atoms with E-state index in [4.69, 9.17) is 0 Å². The van der Waals surface area contributed by atoms with Crippen molar-refractivity contribution >= 4 is 32.7 Å². The van der Waals surface area contributed by atoms with Gasteiger partial charge < -0.3 is 0 Å². The Morgan fingerprint density at radius 2 is 1.84 bits per heavy atom. The lowest BCUT2D eigenvalue weighted by atomic mass is 10.3. The molecule has 6 nitrogen and oxygen atoms in total. The van der Waals surface area contributed by atoms with Crippen molar-refractivity contribution in [2.24, 2.45) is 0 Å². The quantitative estimate of drug-likeness (QED) is 0.641. The van der Waals surface area contributed by atoms with Crippen molar-refractivity contribution in [1.82, 2.24) is 0 Å². The molecule has 8 heteroatoms. The highest BCUT2D eigenvalue weighted by molar-refractivity contribution is 7.94. The fraction of sp³-hybridized carbons (Fsp3) is 0.0909. The molecular formula is C11H10N2O4S2. The molecule has 0 aliphatic heterocycles. The van der Waals surface area contributed by atoms with E-state index in [9.17, 15) is 18.5 Å². The molecule has 0 N–H and O–H groups in total. The molecule has 2 rings (SSSR count). The number of thiophene rings is 1. The van der Waals surface area contributed by atoms with Gasteiger partial charge in [0.1, 0.15) is 4.21 Å². The lowest BCUT2D eigenvalue weighted by Crippen LogP contribution is -2.25. The maximum absolute atomic E-state index is 12.2. The van der Waals surface area contributed by atoms with E-state index in [0.29, 0.717) is 5.69 Å². The third kappa shape index (κ3) is 2.59. The van der Waals surface area contributed by atoms with Gasteiger partial charge in [0, 0.05) is 19.2 Å². The number of hydrogen-bond donors (Lipinski definition) is 0. The van der Waals surface area contributed by atoms with Gasteiger partial charge in [-0.2, -0.15) is 0 Å². The number of benzene rings is 1. The summed E-state index contributed by atoms with van der Waals surface area (Å²) in [5, 5.41) is 12.2. The molecule has 1 heterocycles. The van der Waals surface area contributed by atoms with Crippen molar-refractivity contribution in [3.05, 3.63) is 51.9 Å². The molecular weight excluding hydrogens is 288 g/mol. The lowest BCUT2D eigenvalue weighted by Gasteiger charge is -2.18. The van der Waals surface area contributed by atoms with Gasteiger partial charge in [0.2, 0.25) is 0 Å². The Morgan fingerprint density at radius 1 is 1.21 bits per heavy atom. The summed E-state index contributed by atoms with van der Waals surface area (Å²) in [5.74, 6) is 0. The Morgan fingerprint density at radius 3 is 2.32 bits per heavy atom. The van der Waals surface area contributed by atoms with Crippen LogP contribution in [0.3, 0.4) is 0 Å². The molecule has 0 unspecified atom stereocenters. The summed E-state index contributed by atoms with van der Waals surface area (Å²) in [4.78, 5) is 10.0. The Labute approximate surface area is 114 Å². The van der Waals surface area contributed by atoms with Crippen molar-refractivity contribution in [2.75, 3.05) is 11.4 Å². The molecule has 19 heavy (non-hydrogen) atoms. The molecule has 0 spiro atoms. The first kappa shape index (κ1) is 13.5. The van der Waals surface area contributed by atoms with Crippen molar-refractivity contribution in [3.63, 3.8) is 0 Å². The highest BCUT2D eigenvalue weighted by Crippen LogP contribution is 2.26. The van der Waals surface area contributed by atoms with Crippen LogP contribution in [0.2, 0.25) is 0 Å². The van der Waals surface area contributed by atoms with Gasteiger partial charge in [0.05, 0.1) is 10.6 Å². The third-order valence-corrected chi connectivity index (χ3v) is 5.69. The van der Waals surface area contributed by atoms with Crippen LogP contribution in [0.15, 0.2) is 46.0 Å². The SMILES string of the molecule is CN(c1ccc([N+](=O)[O-])cc1)S(=O)(=O)c1cccs1. The highest BCUT2D eigenvalue weighted by atomic mass is 32.2. The molecule has 0 aliphatic rings. The van der Waals surface area contributed by atoms with Crippen molar-refractivity contribution in [2.45, 2.75) is 4.21 Å². The normalized spacial score (nSPS) is 11.2. The highest BCUT2D eigenvalue weighted by Gasteiger charge is 2.22. The first-order chi connectivity index (χ1) is 8.93. The summed E-state index contributed by atoms with van der Waals surface area (Å²) in [6.45, 7) is 0. The maximum Gasteiger partial charge on any atom is 0.273 e. The van der Waals surface area contributed by atoms with Crippen LogP contribution in [0.4, 0.5) is 11.4 Å². The molecule has 0 radical (unpaired) electrons. The zero-order chi connectivity index (χ0) is 14.0. The molecule has 0 saturated carbocycles. The second-order valence-corrected chi connectivity index (χ2v) is 6.82. The zero-order valence-electron chi connectivity index (χ0n) is 9.89. The Balaban J connectivity index is 2.34. The Kier molecular flexibility index (Phi) is 3.54. The number of nitrogens with zero attached hydrogens (tertiary/aromatic N) is 2. The third-order valence-electron chi connectivity index (χ3n) is 2.53. The molecule has 2 aromatic rings. The van der Waals surface area contributed by atoms with Crippen LogP contribution in [0.25, 0.3) is 0 Å². The average molecular weight is 298 g/mol. The standard InChI is InChI=1S/C11H10N2O4S2/c1-12(19(16,17)11-3-2-8-18-11)9-4-6-10(7-5-9)13(14)15/h2-8H,1H3. The fourth-order valence-corrected chi connectivity index (χ4v) is 3.82. The second kappa shape index (κ2) is 4.98. The van der Waals surface area contributed by atoms with Crippen molar-refractivity contribution < 1.29 is 13.3 Å². The van der Waals surface area contributed by atoms with E-state index in [2.05, 4.69) is 0 Å². The lowest BCUT2D eigenvalue weighted by molar-refractivity contribution is -0.384. The molecule has 0 atom stereocenters. The van der Waals surface area contributed by atoms with Crippen LogP contribution in [0.5, 0.6) is 0 Å². The summed E-state index contributed by atoms with van der Waals surface area (Å²) in [7, 11) is -2.19. The Hall–Kier alpha value is -1.93. The van der Waals surface area contributed by atoms with Gasteiger partial charge in [-0.05, 0) is 23.6 Å². The van der Waals surface area contributed by atoms with E-state index in [0.717, 1.165) is 15.6 Å². The van der Waals surface area contributed by atoms with E-state index >= 15 is 0 Å². The van der Waals surface area contributed by atoms with Crippen LogP contribution >= 0.6 is 11.3 Å². The second-order valence-electron chi connectivity index (χ2n) is 3.68. The van der Waals surface area contributed by atoms with Gasteiger partial charge in [0.15, 0.2) is 0 Å². The van der Waals surface area contributed by atoms with Crippen molar-refractivity contribution in [3.8, 4) is 0 Å². The number of rotatable bonds is 4. The molecule has 0 fully saturated rings. The van der Waals surface area contributed by atoms with Crippen LogP contribution in [0.1, 0.15) is 0 Å². The van der Waals surface area contributed by atoms with Crippen molar-refractivity contribution in [1.29, 1.82) is 0 Å². The first-order valence-corrected chi connectivity index (χ1v) is 7.52. The van der Waals surface area contributed by atoms with Gasteiger partial charge in [-0.1, -0.05) is 6.07 Å². The minimum Gasteiger partial charge on any atom is -0.269 e. The van der Waals surface area contributed by atoms with Gasteiger partial charge >= 0.3 is 0 Å². The molecule has 0 saturated heterocycles. The number of nitro groups is 1. The monoisotopic (exact) mass is 298 g/mol. The largest absolute Gasteiger partial charge is 0.273 e. The van der Waals surface area contributed by atoms with Gasteiger partial charge in [0.25, 0.3) is 15.7 Å². The van der Waals surface area contributed by atoms with Gasteiger partial charge in [-0.25, -0.2) is 8.42 Å². The van der Waals surface area contributed by atoms with E-state index in [1.165, 1.54) is 37.4 Å². The number of hydrogen-bond acceptors (Lipinski definition) is 5. The van der Waals surface area contributed by atoms with Gasteiger partial charge in [-0.3, -0.25) is 14.4 Å². The van der Waals surface area contributed by atoms with Crippen LogP contribution in [-0.4, -0.2) is 20.4 Å². The van der Waals surface area contributed by atoms with E-state index < -0.39 is 14.9 Å². The van der Waals surface area contributed by atoms with Crippen LogP contribution in [0, 0.1) is 10.1 Å². The molecule has 0 aliphatic carbocycles. The minimum absolute atomic E-state index is 0.0781. The number of non-ortho nitro benzene ring substituents is 1. The number of nitro benzene ring substituents is 1. The first-order valence-electron chi connectivity index (χ1n) is 5.20. The summed E-state index contributed by atoms with van der Waals surface area (Å²) in [5.41, 5.74) is 0.296. The molecule has 0 bridgehead atoms. The van der Waals surface area contributed by atoms with Gasteiger partial charge in [-0.15, -0.1) is 11.3 Å². The number of anilines is 1. The smallest absolute Gasteiger partial charge is 0.269 e. The van der Waals surface area contributed by atoms with E-state index in [1.54, 1.807) is 11.4 Å².